The lowest BCUT2D eigenvalue weighted by atomic mass is 9.98. The lowest BCUT2D eigenvalue weighted by molar-refractivity contribution is -0.156. The van der Waals surface area contributed by atoms with Crippen molar-refractivity contribution < 1.29 is 23.8 Å². The van der Waals surface area contributed by atoms with Crippen LogP contribution in [0.5, 0.6) is 5.75 Å². The zero-order valence-electron chi connectivity index (χ0n) is 13.7. The Balaban J connectivity index is 3.24. The molecule has 6 nitrogen and oxygen atoms in total. The molecule has 6 heteroatoms. The number of ether oxygens (including phenoxy) is 3. The van der Waals surface area contributed by atoms with Gasteiger partial charge >= 0.3 is 11.9 Å². The monoisotopic (exact) mass is 309 g/mol. The van der Waals surface area contributed by atoms with Crippen LogP contribution >= 0.6 is 0 Å². The van der Waals surface area contributed by atoms with Gasteiger partial charge in [-0.1, -0.05) is 6.07 Å². The third kappa shape index (κ3) is 4.13. The van der Waals surface area contributed by atoms with Crippen LogP contribution in [0.4, 0.5) is 5.69 Å². The second-order valence-corrected chi connectivity index (χ2v) is 4.76. The van der Waals surface area contributed by atoms with Crippen LogP contribution < -0.4 is 9.64 Å². The number of anilines is 1. The minimum Gasteiger partial charge on any atom is -0.495 e. The van der Waals surface area contributed by atoms with Crippen molar-refractivity contribution in [1.29, 1.82) is 0 Å². The highest BCUT2D eigenvalue weighted by atomic mass is 16.6. The molecule has 0 unspecified atom stereocenters. The molecular weight excluding hydrogens is 286 g/mol. The van der Waals surface area contributed by atoms with E-state index in [0.29, 0.717) is 11.3 Å². The van der Waals surface area contributed by atoms with Crippen molar-refractivity contribution in [3.63, 3.8) is 0 Å². The largest absolute Gasteiger partial charge is 0.495 e. The molecule has 0 atom stereocenters. The summed E-state index contributed by atoms with van der Waals surface area (Å²) in [5.74, 6) is -1.78. The van der Waals surface area contributed by atoms with E-state index in [0.717, 1.165) is 5.69 Å². The van der Waals surface area contributed by atoms with Gasteiger partial charge in [0.1, 0.15) is 5.75 Å². The van der Waals surface area contributed by atoms with Crippen molar-refractivity contribution >= 4 is 17.6 Å². The smallest absolute Gasteiger partial charge is 0.324 e. The number of hydrogen-bond acceptors (Lipinski definition) is 6. The van der Waals surface area contributed by atoms with E-state index in [1.807, 2.05) is 19.0 Å². The highest BCUT2D eigenvalue weighted by molar-refractivity contribution is 6.01. The SMILES string of the molecule is CCOC(=O)C(C(=O)OCC)c1ccc(N(C)C)c(OC)c1. The fourth-order valence-corrected chi connectivity index (χ4v) is 2.06. The number of benzene rings is 1. The third-order valence-electron chi connectivity index (χ3n) is 3.06. The highest BCUT2D eigenvalue weighted by Crippen LogP contribution is 2.31. The molecule has 0 saturated carbocycles. The van der Waals surface area contributed by atoms with Gasteiger partial charge in [0.25, 0.3) is 0 Å². The Labute approximate surface area is 131 Å². The lowest BCUT2D eigenvalue weighted by Gasteiger charge is -2.20. The Morgan fingerprint density at radius 1 is 1.09 bits per heavy atom. The van der Waals surface area contributed by atoms with E-state index < -0.39 is 17.9 Å². The van der Waals surface area contributed by atoms with E-state index in [1.54, 1.807) is 32.0 Å². The Bertz CT molecular complexity index is 509. The summed E-state index contributed by atoms with van der Waals surface area (Å²) in [7, 11) is 5.30. The molecule has 0 aliphatic rings. The van der Waals surface area contributed by atoms with Gasteiger partial charge in [-0.3, -0.25) is 9.59 Å². The molecule has 1 aromatic rings. The Morgan fingerprint density at radius 3 is 2.05 bits per heavy atom. The molecule has 0 radical (unpaired) electrons. The van der Waals surface area contributed by atoms with Gasteiger partial charge in [-0.2, -0.15) is 0 Å². The minimum absolute atomic E-state index is 0.196. The first-order valence-corrected chi connectivity index (χ1v) is 7.14. The molecule has 1 rings (SSSR count). The minimum atomic E-state index is -1.11. The van der Waals surface area contributed by atoms with E-state index in [9.17, 15) is 9.59 Å². The molecule has 0 aliphatic heterocycles. The van der Waals surface area contributed by atoms with Crippen LogP contribution in [0.2, 0.25) is 0 Å². The summed E-state index contributed by atoms with van der Waals surface area (Å²) in [5, 5.41) is 0. The standard InChI is InChI=1S/C16H23NO5/c1-6-21-15(18)14(16(19)22-7-2)11-8-9-12(17(3)4)13(10-11)20-5/h8-10,14H,6-7H2,1-5H3. The zero-order valence-corrected chi connectivity index (χ0v) is 13.7. The van der Waals surface area contributed by atoms with Gasteiger partial charge in [-0.25, -0.2) is 0 Å². The van der Waals surface area contributed by atoms with Crippen molar-refractivity contribution in [3.05, 3.63) is 23.8 Å². The molecule has 122 valence electrons. The molecule has 0 heterocycles. The van der Waals surface area contributed by atoms with E-state index in [4.69, 9.17) is 14.2 Å². The number of hydrogen-bond donors (Lipinski definition) is 0. The number of nitrogens with zero attached hydrogens (tertiary/aromatic N) is 1. The molecule has 0 aromatic heterocycles. The summed E-state index contributed by atoms with van der Waals surface area (Å²) < 4.78 is 15.3. The van der Waals surface area contributed by atoms with Crippen molar-refractivity contribution in [2.75, 3.05) is 39.3 Å². The fourth-order valence-electron chi connectivity index (χ4n) is 2.06. The van der Waals surface area contributed by atoms with E-state index in [2.05, 4.69) is 0 Å². The summed E-state index contributed by atoms with van der Waals surface area (Å²) >= 11 is 0. The highest BCUT2D eigenvalue weighted by Gasteiger charge is 2.32. The summed E-state index contributed by atoms with van der Waals surface area (Å²) in [6, 6.07) is 5.16. The Kier molecular flexibility index (Phi) is 6.69. The van der Waals surface area contributed by atoms with E-state index in [1.165, 1.54) is 7.11 Å². The van der Waals surface area contributed by atoms with Gasteiger partial charge in [0.2, 0.25) is 0 Å². The average molecular weight is 309 g/mol. The van der Waals surface area contributed by atoms with Gasteiger partial charge < -0.3 is 19.1 Å². The van der Waals surface area contributed by atoms with Crippen LogP contribution in [0, 0.1) is 0 Å². The number of carbonyl (C=O) groups excluding carboxylic acids is 2. The quantitative estimate of drug-likeness (QED) is 0.567. The molecule has 0 aliphatic carbocycles. The normalized spacial score (nSPS) is 10.3. The maximum absolute atomic E-state index is 12.1. The molecule has 0 bridgehead atoms. The summed E-state index contributed by atoms with van der Waals surface area (Å²) in [6.45, 7) is 3.77. The summed E-state index contributed by atoms with van der Waals surface area (Å²) in [4.78, 5) is 26.1. The third-order valence-corrected chi connectivity index (χ3v) is 3.06. The van der Waals surface area contributed by atoms with Gasteiger partial charge in [-0.15, -0.1) is 0 Å². The van der Waals surface area contributed by atoms with Crippen LogP contribution in [0.15, 0.2) is 18.2 Å². The van der Waals surface area contributed by atoms with E-state index in [-0.39, 0.29) is 13.2 Å². The van der Waals surface area contributed by atoms with Crippen molar-refractivity contribution in [1.82, 2.24) is 0 Å². The molecule has 0 amide bonds. The molecule has 0 spiro atoms. The Morgan fingerprint density at radius 2 is 1.64 bits per heavy atom. The van der Waals surface area contributed by atoms with Crippen LogP contribution in [0.3, 0.4) is 0 Å². The number of methoxy groups -OCH3 is 1. The van der Waals surface area contributed by atoms with Gasteiger partial charge in [0, 0.05) is 14.1 Å². The van der Waals surface area contributed by atoms with Crippen LogP contribution in [-0.2, 0) is 19.1 Å². The number of rotatable bonds is 7. The number of carbonyl (C=O) groups is 2. The first-order valence-electron chi connectivity index (χ1n) is 7.14. The predicted octanol–water partition coefficient (Wildman–Crippen LogP) is 1.97. The van der Waals surface area contributed by atoms with E-state index >= 15 is 0 Å². The maximum Gasteiger partial charge on any atom is 0.324 e. The second-order valence-electron chi connectivity index (χ2n) is 4.76. The van der Waals surface area contributed by atoms with Gasteiger partial charge in [0.05, 0.1) is 26.0 Å². The Hall–Kier alpha value is -2.24. The van der Waals surface area contributed by atoms with Gasteiger partial charge in [-0.05, 0) is 31.5 Å². The molecule has 0 saturated heterocycles. The molecule has 22 heavy (non-hydrogen) atoms. The van der Waals surface area contributed by atoms with Crippen LogP contribution in [0.1, 0.15) is 25.3 Å². The lowest BCUT2D eigenvalue weighted by Crippen LogP contribution is -2.26. The van der Waals surface area contributed by atoms with Crippen molar-refractivity contribution in [3.8, 4) is 5.75 Å². The summed E-state index contributed by atoms with van der Waals surface area (Å²) in [6.07, 6.45) is 0. The number of esters is 2. The average Bonchev–Trinajstić information content (AvgIpc) is 2.47. The summed E-state index contributed by atoms with van der Waals surface area (Å²) in [5.41, 5.74) is 1.33. The first-order chi connectivity index (χ1) is 10.5. The predicted molar refractivity (Wildman–Crippen MR) is 83.3 cm³/mol. The van der Waals surface area contributed by atoms with Gasteiger partial charge in [0.15, 0.2) is 5.92 Å². The second kappa shape index (κ2) is 8.26. The van der Waals surface area contributed by atoms with Crippen molar-refractivity contribution in [2.24, 2.45) is 0 Å². The maximum atomic E-state index is 12.1. The van der Waals surface area contributed by atoms with Crippen LogP contribution in [-0.4, -0.2) is 46.4 Å². The molecular formula is C16H23NO5. The van der Waals surface area contributed by atoms with Crippen molar-refractivity contribution in [2.45, 2.75) is 19.8 Å². The van der Waals surface area contributed by atoms with Crippen LogP contribution in [0.25, 0.3) is 0 Å². The topological polar surface area (TPSA) is 65.1 Å². The fraction of sp³-hybridized carbons (Fsp3) is 0.500. The molecule has 1 aromatic carbocycles. The molecule has 0 N–H and O–H groups in total. The molecule has 0 fully saturated rings. The first kappa shape index (κ1) is 17.8. The zero-order chi connectivity index (χ0) is 16.7.